The highest BCUT2D eigenvalue weighted by atomic mass is 14.9. The second-order valence-corrected chi connectivity index (χ2v) is 4.26. The third-order valence-electron chi connectivity index (χ3n) is 3.06. The predicted molar refractivity (Wildman–Crippen MR) is 65.2 cm³/mol. The van der Waals surface area contributed by atoms with Crippen molar-refractivity contribution in [2.24, 2.45) is 5.73 Å². The van der Waals surface area contributed by atoms with Gasteiger partial charge in [0.15, 0.2) is 0 Å². The minimum atomic E-state index is 0.797. The highest BCUT2D eigenvalue weighted by Crippen LogP contribution is 2.24. The molecule has 0 atom stereocenters. The fourth-order valence-corrected chi connectivity index (χ4v) is 2.18. The fourth-order valence-electron chi connectivity index (χ4n) is 2.18. The molecule has 0 aromatic heterocycles. The van der Waals surface area contributed by atoms with Crippen molar-refractivity contribution in [2.75, 3.05) is 18.4 Å². The molecule has 82 valence electrons. The smallest absolute Gasteiger partial charge is 0.0343 e. The zero-order valence-electron chi connectivity index (χ0n) is 9.26. The molecule has 0 saturated heterocycles. The van der Waals surface area contributed by atoms with Crippen molar-refractivity contribution in [3.05, 3.63) is 29.3 Å². The van der Waals surface area contributed by atoms with Gasteiger partial charge in [-0.05, 0) is 61.9 Å². The molecule has 1 aromatic carbocycles. The van der Waals surface area contributed by atoms with Crippen LogP contribution in [0.15, 0.2) is 18.2 Å². The van der Waals surface area contributed by atoms with Gasteiger partial charge in [0.1, 0.15) is 0 Å². The summed E-state index contributed by atoms with van der Waals surface area (Å²) >= 11 is 0. The van der Waals surface area contributed by atoms with Crippen molar-refractivity contribution in [1.82, 2.24) is 0 Å². The summed E-state index contributed by atoms with van der Waals surface area (Å²) in [6.07, 6.45) is 6.12. The number of nitrogens with one attached hydrogen (secondary N) is 1. The lowest BCUT2D eigenvalue weighted by Gasteiger charge is -2.07. The van der Waals surface area contributed by atoms with Crippen molar-refractivity contribution >= 4 is 5.69 Å². The second kappa shape index (κ2) is 5.17. The Bertz CT molecular complexity index is 320. The molecule has 0 amide bonds. The summed E-state index contributed by atoms with van der Waals surface area (Å²) < 4.78 is 0. The average molecular weight is 204 g/mol. The molecule has 0 radical (unpaired) electrons. The first-order chi connectivity index (χ1) is 7.40. The SMILES string of the molecule is NCCCCNc1ccc2c(c1)CCC2. The van der Waals surface area contributed by atoms with Crippen LogP contribution in [0, 0.1) is 0 Å². The molecule has 2 rings (SSSR count). The number of fused-ring (bicyclic) bond motifs is 1. The number of rotatable bonds is 5. The van der Waals surface area contributed by atoms with Crippen LogP contribution in [0.5, 0.6) is 0 Å². The molecular weight excluding hydrogens is 184 g/mol. The fraction of sp³-hybridized carbons (Fsp3) is 0.538. The van der Waals surface area contributed by atoms with Crippen molar-refractivity contribution in [3.63, 3.8) is 0 Å². The number of anilines is 1. The summed E-state index contributed by atoms with van der Waals surface area (Å²) in [6, 6.07) is 6.78. The summed E-state index contributed by atoms with van der Waals surface area (Å²) in [4.78, 5) is 0. The lowest BCUT2D eigenvalue weighted by Crippen LogP contribution is -2.05. The Balaban J connectivity index is 1.87. The lowest BCUT2D eigenvalue weighted by molar-refractivity contribution is 0.774. The first-order valence-corrected chi connectivity index (χ1v) is 5.96. The molecule has 3 N–H and O–H groups in total. The van der Waals surface area contributed by atoms with E-state index < -0.39 is 0 Å². The van der Waals surface area contributed by atoms with Crippen LogP contribution in [-0.4, -0.2) is 13.1 Å². The van der Waals surface area contributed by atoms with Crippen molar-refractivity contribution < 1.29 is 0 Å². The highest BCUT2D eigenvalue weighted by molar-refractivity contribution is 5.50. The summed E-state index contributed by atoms with van der Waals surface area (Å²) in [5.74, 6) is 0. The number of hydrogen-bond donors (Lipinski definition) is 2. The molecular formula is C13H20N2. The first-order valence-electron chi connectivity index (χ1n) is 5.96. The van der Waals surface area contributed by atoms with E-state index in [0.717, 1.165) is 25.9 Å². The van der Waals surface area contributed by atoms with E-state index in [9.17, 15) is 0 Å². The Morgan fingerprint density at radius 3 is 2.87 bits per heavy atom. The topological polar surface area (TPSA) is 38.0 Å². The van der Waals surface area contributed by atoms with E-state index in [1.54, 1.807) is 11.1 Å². The van der Waals surface area contributed by atoms with E-state index in [2.05, 4.69) is 23.5 Å². The number of unbranched alkanes of at least 4 members (excludes halogenated alkanes) is 1. The molecule has 2 nitrogen and oxygen atoms in total. The Labute approximate surface area is 91.9 Å². The van der Waals surface area contributed by atoms with Gasteiger partial charge in [-0.15, -0.1) is 0 Å². The summed E-state index contributed by atoms with van der Waals surface area (Å²) in [6.45, 7) is 1.84. The van der Waals surface area contributed by atoms with Gasteiger partial charge in [0.05, 0.1) is 0 Å². The van der Waals surface area contributed by atoms with Gasteiger partial charge in [-0.2, -0.15) is 0 Å². The summed E-state index contributed by atoms with van der Waals surface area (Å²) in [5.41, 5.74) is 9.81. The Kier molecular flexibility index (Phi) is 3.62. The molecule has 0 saturated carbocycles. The largest absolute Gasteiger partial charge is 0.385 e. The maximum atomic E-state index is 5.45. The molecule has 15 heavy (non-hydrogen) atoms. The van der Waals surface area contributed by atoms with Crippen LogP contribution < -0.4 is 11.1 Å². The Morgan fingerprint density at radius 1 is 1.13 bits per heavy atom. The molecule has 0 fully saturated rings. The average Bonchev–Trinajstić information content (AvgIpc) is 2.71. The number of aryl methyl sites for hydroxylation is 2. The van der Waals surface area contributed by atoms with Gasteiger partial charge >= 0.3 is 0 Å². The number of hydrogen-bond acceptors (Lipinski definition) is 2. The normalized spacial score (nSPS) is 13.9. The molecule has 0 heterocycles. The van der Waals surface area contributed by atoms with Crippen LogP contribution in [0.3, 0.4) is 0 Å². The summed E-state index contributed by atoms with van der Waals surface area (Å²) in [5, 5.41) is 3.45. The van der Waals surface area contributed by atoms with Crippen LogP contribution >= 0.6 is 0 Å². The zero-order valence-corrected chi connectivity index (χ0v) is 9.26. The third-order valence-corrected chi connectivity index (χ3v) is 3.06. The quantitative estimate of drug-likeness (QED) is 0.722. The van der Waals surface area contributed by atoms with Gasteiger partial charge in [0.2, 0.25) is 0 Å². The third kappa shape index (κ3) is 2.72. The summed E-state index contributed by atoms with van der Waals surface area (Å²) in [7, 11) is 0. The predicted octanol–water partition coefficient (Wildman–Crippen LogP) is 2.33. The maximum absolute atomic E-state index is 5.45. The number of benzene rings is 1. The van der Waals surface area contributed by atoms with Gasteiger partial charge in [-0.25, -0.2) is 0 Å². The molecule has 1 aliphatic rings. The van der Waals surface area contributed by atoms with Crippen LogP contribution in [0.25, 0.3) is 0 Å². The van der Waals surface area contributed by atoms with E-state index in [-0.39, 0.29) is 0 Å². The first kappa shape index (κ1) is 10.5. The highest BCUT2D eigenvalue weighted by Gasteiger charge is 2.10. The number of nitrogens with two attached hydrogens (primary N) is 1. The van der Waals surface area contributed by atoms with Crippen LogP contribution in [-0.2, 0) is 12.8 Å². The van der Waals surface area contributed by atoms with Crippen LogP contribution in [0.2, 0.25) is 0 Å². The Morgan fingerprint density at radius 2 is 2.00 bits per heavy atom. The van der Waals surface area contributed by atoms with Crippen molar-refractivity contribution in [3.8, 4) is 0 Å². The molecule has 1 aliphatic carbocycles. The molecule has 0 unspecified atom stereocenters. The van der Waals surface area contributed by atoms with Gasteiger partial charge in [-0.1, -0.05) is 6.07 Å². The standard InChI is InChI=1S/C13H20N2/c14-8-1-2-9-15-13-7-6-11-4-3-5-12(11)10-13/h6-7,10,15H,1-5,8-9,14H2. The van der Waals surface area contributed by atoms with E-state index >= 15 is 0 Å². The maximum Gasteiger partial charge on any atom is 0.0343 e. The molecule has 0 spiro atoms. The lowest BCUT2D eigenvalue weighted by atomic mass is 10.1. The second-order valence-electron chi connectivity index (χ2n) is 4.26. The Hall–Kier alpha value is -1.02. The van der Waals surface area contributed by atoms with Crippen molar-refractivity contribution in [2.45, 2.75) is 32.1 Å². The van der Waals surface area contributed by atoms with Gasteiger partial charge < -0.3 is 11.1 Å². The molecule has 0 bridgehead atoms. The van der Waals surface area contributed by atoms with E-state index in [0.29, 0.717) is 0 Å². The van der Waals surface area contributed by atoms with Gasteiger partial charge in [0, 0.05) is 12.2 Å². The molecule has 1 aromatic rings. The molecule has 2 heteroatoms. The van der Waals surface area contributed by atoms with E-state index in [1.807, 2.05) is 0 Å². The van der Waals surface area contributed by atoms with E-state index in [1.165, 1.54) is 24.9 Å². The van der Waals surface area contributed by atoms with Crippen LogP contribution in [0.4, 0.5) is 5.69 Å². The van der Waals surface area contributed by atoms with Gasteiger partial charge in [0.25, 0.3) is 0 Å². The van der Waals surface area contributed by atoms with Crippen molar-refractivity contribution in [1.29, 1.82) is 0 Å². The monoisotopic (exact) mass is 204 g/mol. The van der Waals surface area contributed by atoms with Gasteiger partial charge in [-0.3, -0.25) is 0 Å². The van der Waals surface area contributed by atoms with Crippen LogP contribution in [0.1, 0.15) is 30.4 Å². The zero-order chi connectivity index (χ0) is 10.5. The molecule has 0 aliphatic heterocycles. The van der Waals surface area contributed by atoms with E-state index in [4.69, 9.17) is 5.73 Å². The minimum absolute atomic E-state index is 0.797. The minimum Gasteiger partial charge on any atom is -0.385 e.